The van der Waals surface area contributed by atoms with Gasteiger partial charge in [-0.1, -0.05) is 102 Å². The van der Waals surface area contributed by atoms with Crippen molar-refractivity contribution >= 4 is 11.6 Å². The third-order valence-corrected chi connectivity index (χ3v) is 7.24. The summed E-state index contributed by atoms with van der Waals surface area (Å²) in [5.74, 6) is 1.99. The Bertz CT molecular complexity index is 890. The van der Waals surface area contributed by atoms with E-state index in [1.807, 2.05) is 13.0 Å². The summed E-state index contributed by atoms with van der Waals surface area (Å²) in [6.07, 6.45) is 11.2. The van der Waals surface area contributed by atoms with Crippen LogP contribution in [0, 0.1) is 17.8 Å². The molecule has 1 aromatic rings. The zero-order valence-corrected chi connectivity index (χ0v) is 22.3. The summed E-state index contributed by atoms with van der Waals surface area (Å²) in [6, 6.07) is 7.05. The van der Waals surface area contributed by atoms with Crippen LogP contribution in [0.15, 0.2) is 47.1 Å². The van der Waals surface area contributed by atoms with Crippen molar-refractivity contribution in [3.63, 3.8) is 0 Å². The highest BCUT2D eigenvalue weighted by Crippen LogP contribution is 2.29. The van der Waals surface area contributed by atoms with Crippen molar-refractivity contribution in [1.82, 2.24) is 0 Å². The Morgan fingerprint density at radius 1 is 0.882 bits per heavy atom. The molecular formula is C31H46O3. The Hall–Kier alpha value is -2.00. The standard InChI is InChI=1S/C31H46O3/c1-21(2)11-9-12-22(3)13-10-14-23(4)19-26(32)20-24(5)17-18-27-25(6)30(33)28-15-7-8-16-29(28)31(27)34/h7-8,15-17,21-23,26,32H,9-14,18-20H2,1-6H3/b24-17+/t22-,23-,26+/m1/s1. The predicted octanol–water partition coefficient (Wildman–Crippen LogP) is 8.13. The molecule has 0 saturated heterocycles. The fourth-order valence-corrected chi connectivity index (χ4v) is 5.03. The highest BCUT2D eigenvalue weighted by atomic mass is 16.3. The van der Waals surface area contributed by atoms with Gasteiger partial charge in [0.2, 0.25) is 0 Å². The quantitative estimate of drug-likeness (QED) is 0.282. The van der Waals surface area contributed by atoms with Crippen LogP contribution < -0.4 is 0 Å². The predicted molar refractivity (Wildman–Crippen MR) is 142 cm³/mol. The van der Waals surface area contributed by atoms with Gasteiger partial charge in [-0.15, -0.1) is 0 Å². The Balaban J connectivity index is 1.77. The van der Waals surface area contributed by atoms with Gasteiger partial charge in [0, 0.05) is 22.3 Å². The third kappa shape index (κ3) is 8.65. The zero-order valence-electron chi connectivity index (χ0n) is 22.3. The van der Waals surface area contributed by atoms with Gasteiger partial charge in [-0.25, -0.2) is 0 Å². The second-order valence-corrected chi connectivity index (χ2v) is 11.1. The van der Waals surface area contributed by atoms with Gasteiger partial charge in [-0.2, -0.15) is 0 Å². The SMILES string of the molecule is CC1=C(C/C=C(\C)C[C@@H](O)C[C@H](C)CCC[C@H](C)CCCC(C)C)C(=O)c2ccccc2C1=O. The minimum absolute atomic E-state index is 0.0515. The average Bonchev–Trinajstić information content (AvgIpc) is 2.77. The minimum Gasteiger partial charge on any atom is -0.393 e. The van der Waals surface area contributed by atoms with Crippen LogP contribution in [0.25, 0.3) is 0 Å². The fraction of sp³-hybridized carbons (Fsp3) is 0.613. The molecule has 3 heteroatoms. The number of hydrogen-bond acceptors (Lipinski definition) is 3. The molecule has 0 aliphatic heterocycles. The summed E-state index contributed by atoms with van der Waals surface area (Å²) in [4.78, 5) is 25.6. The first-order valence-corrected chi connectivity index (χ1v) is 13.3. The largest absolute Gasteiger partial charge is 0.393 e. The first-order chi connectivity index (χ1) is 16.1. The summed E-state index contributed by atoms with van der Waals surface area (Å²) in [7, 11) is 0. The van der Waals surface area contributed by atoms with Gasteiger partial charge in [0.15, 0.2) is 11.6 Å². The first-order valence-electron chi connectivity index (χ1n) is 13.3. The number of benzene rings is 1. The maximum atomic E-state index is 12.9. The number of hydrogen-bond donors (Lipinski definition) is 1. The van der Waals surface area contributed by atoms with Gasteiger partial charge in [0.05, 0.1) is 6.10 Å². The maximum Gasteiger partial charge on any atom is 0.190 e. The molecule has 0 amide bonds. The number of allylic oxidation sites excluding steroid dienone is 3. The molecule has 0 spiro atoms. The average molecular weight is 467 g/mol. The number of aliphatic hydroxyl groups is 1. The topological polar surface area (TPSA) is 54.4 Å². The summed E-state index contributed by atoms with van der Waals surface area (Å²) < 4.78 is 0. The molecular weight excluding hydrogens is 420 g/mol. The minimum atomic E-state index is -0.366. The molecule has 0 fully saturated rings. The normalized spacial score (nSPS) is 17.2. The van der Waals surface area contributed by atoms with E-state index in [1.54, 1.807) is 31.2 Å². The summed E-state index contributed by atoms with van der Waals surface area (Å²) in [5, 5.41) is 10.6. The van der Waals surface area contributed by atoms with Crippen LogP contribution in [-0.2, 0) is 0 Å². The molecule has 0 aromatic heterocycles. The van der Waals surface area contributed by atoms with E-state index in [1.165, 1.54) is 32.1 Å². The lowest BCUT2D eigenvalue weighted by Gasteiger charge is -2.19. The van der Waals surface area contributed by atoms with E-state index in [0.717, 1.165) is 30.3 Å². The van der Waals surface area contributed by atoms with Crippen LogP contribution in [0.4, 0.5) is 0 Å². The lowest BCUT2D eigenvalue weighted by Crippen LogP contribution is -2.20. The highest BCUT2D eigenvalue weighted by Gasteiger charge is 2.28. The van der Waals surface area contributed by atoms with E-state index in [9.17, 15) is 14.7 Å². The Labute approximate surface area is 207 Å². The van der Waals surface area contributed by atoms with Crippen molar-refractivity contribution in [2.24, 2.45) is 17.8 Å². The molecule has 0 saturated carbocycles. The molecule has 2 rings (SSSR count). The molecule has 0 bridgehead atoms. The van der Waals surface area contributed by atoms with Crippen molar-refractivity contribution in [2.45, 2.75) is 105 Å². The number of carbonyl (C=O) groups is 2. The summed E-state index contributed by atoms with van der Waals surface area (Å²) in [5.41, 5.74) is 3.19. The van der Waals surface area contributed by atoms with Crippen molar-refractivity contribution in [2.75, 3.05) is 0 Å². The van der Waals surface area contributed by atoms with Crippen LogP contribution in [0.5, 0.6) is 0 Å². The monoisotopic (exact) mass is 466 g/mol. The van der Waals surface area contributed by atoms with Crippen LogP contribution in [-0.4, -0.2) is 22.8 Å². The van der Waals surface area contributed by atoms with Crippen LogP contribution in [0.1, 0.15) is 120 Å². The van der Waals surface area contributed by atoms with Gasteiger partial charge in [0.1, 0.15) is 0 Å². The van der Waals surface area contributed by atoms with Gasteiger partial charge in [-0.3, -0.25) is 9.59 Å². The van der Waals surface area contributed by atoms with Gasteiger partial charge in [-0.05, 0) is 50.9 Å². The van der Waals surface area contributed by atoms with Crippen LogP contribution >= 0.6 is 0 Å². The Morgan fingerprint density at radius 2 is 1.44 bits per heavy atom. The lowest BCUT2D eigenvalue weighted by molar-refractivity contribution is 0.0973. The maximum absolute atomic E-state index is 12.9. The summed E-state index contributed by atoms with van der Waals surface area (Å²) in [6.45, 7) is 12.9. The molecule has 34 heavy (non-hydrogen) atoms. The molecule has 188 valence electrons. The molecule has 0 radical (unpaired) electrons. The van der Waals surface area contributed by atoms with Crippen LogP contribution in [0.3, 0.4) is 0 Å². The van der Waals surface area contributed by atoms with Gasteiger partial charge in [0.25, 0.3) is 0 Å². The zero-order chi connectivity index (χ0) is 25.3. The van der Waals surface area contributed by atoms with E-state index < -0.39 is 0 Å². The van der Waals surface area contributed by atoms with Crippen molar-refractivity contribution < 1.29 is 14.7 Å². The molecule has 1 aromatic carbocycles. The second-order valence-electron chi connectivity index (χ2n) is 11.1. The number of carbonyl (C=O) groups excluding carboxylic acids is 2. The van der Waals surface area contributed by atoms with E-state index in [-0.39, 0.29) is 17.7 Å². The molecule has 1 N–H and O–H groups in total. The number of rotatable bonds is 14. The number of ketones is 2. The van der Waals surface area contributed by atoms with Crippen molar-refractivity contribution in [1.29, 1.82) is 0 Å². The number of fused-ring (bicyclic) bond motifs is 1. The molecule has 3 nitrogen and oxygen atoms in total. The number of Topliss-reactive ketones (excluding diaryl/α,β-unsaturated/α-hetero) is 2. The molecule has 1 aliphatic carbocycles. The van der Waals surface area contributed by atoms with Crippen LogP contribution in [0.2, 0.25) is 0 Å². The van der Waals surface area contributed by atoms with Gasteiger partial charge >= 0.3 is 0 Å². The molecule has 0 heterocycles. The fourth-order valence-electron chi connectivity index (χ4n) is 5.03. The Kier molecular flexibility index (Phi) is 11.4. The first kappa shape index (κ1) is 28.2. The van der Waals surface area contributed by atoms with E-state index in [0.29, 0.717) is 41.0 Å². The molecule has 3 atom stereocenters. The van der Waals surface area contributed by atoms with E-state index in [4.69, 9.17) is 0 Å². The smallest absolute Gasteiger partial charge is 0.190 e. The molecule has 0 unspecified atom stereocenters. The van der Waals surface area contributed by atoms with Crippen molar-refractivity contribution in [3.05, 3.63) is 58.2 Å². The molecule has 1 aliphatic rings. The second kappa shape index (κ2) is 13.8. The lowest BCUT2D eigenvalue weighted by atomic mass is 9.83. The van der Waals surface area contributed by atoms with Gasteiger partial charge < -0.3 is 5.11 Å². The van der Waals surface area contributed by atoms with E-state index in [2.05, 4.69) is 27.7 Å². The van der Waals surface area contributed by atoms with E-state index >= 15 is 0 Å². The summed E-state index contributed by atoms with van der Waals surface area (Å²) >= 11 is 0. The third-order valence-electron chi connectivity index (χ3n) is 7.24. The Morgan fingerprint density at radius 3 is 2.06 bits per heavy atom. The van der Waals surface area contributed by atoms with Crippen molar-refractivity contribution in [3.8, 4) is 0 Å². The number of aliphatic hydroxyl groups excluding tert-OH is 1. The highest BCUT2D eigenvalue weighted by molar-refractivity contribution is 6.26.